The smallest absolute Gasteiger partial charge is 0.247 e. The van der Waals surface area contributed by atoms with Crippen LogP contribution < -0.4 is 17.1 Å². The van der Waals surface area contributed by atoms with Crippen LogP contribution in [0.2, 0.25) is 0 Å². The predicted octanol–water partition coefficient (Wildman–Crippen LogP) is 2.61. The van der Waals surface area contributed by atoms with Gasteiger partial charge in [0.1, 0.15) is 0 Å². The van der Waals surface area contributed by atoms with Crippen molar-refractivity contribution in [3.8, 4) is 0 Å². The number of hydrogen-bond donors (Lipinski definition) is 0. The zero-order chi connectivity index (χ0) is 20.8. The van der Waals surface area contributed by atoms with Crippen molar-refractivity contribution in [2.75, 3.05) is 0 Å². The van der Waals surface area contributed by atoms with Gasteiger partial charge in [0.2, 0.25) is 0 Å². The van der Waals surface area contributed by atoms with Gasteiger partial charge in [0.15, 0.2) is 0 Å². The Hall–Kier alpha value is -3.67. The zero-order valence-corrected chi connectivity index (χ0v) is 15.7. The molecule has 0 aliphatic carbocycles. The van der Waals surface area contributed by atoms with Gasteiger partial charge in [-0.15, -0.1) is 19.7 Å². The molecule has 6 nitrogen and oxygen atoms in total. The third-order valence-corrected chi connectivity index (χ3v) is 4.38. The van der Waals surface area contributed by atoms with E-state index in [-0.39, 0.29) is 13.1 Å². The summed E-state index contributed by atoms with van der Waals surface area (Å²) >= 11 is 0. The van der Waals surface area contributed by atoms with Gasteiger partial charge in [0.05, 0.1) is 19.1 Å². The van der Waals surface area contributed by atoms with Gasteiger partial charge < -0.3 is 0 Å². The molecule has 2 aromatic rings. The number of allylic oxidation sites excluding steroid dienone is 3. The first-order chi connectivity index (χ1) is 13.5. The van der Waals surface area contributed by atoms with E-state index in [0.717, 1.165) is 24.8 Å². The van der Waals surface area contributed by atoms with Gasteiger partial charge in [-0.3, -0.25) is 0 Å². The third kappa shape index (κ3) is 3.44. The van der Waals surface area contributed by atoms with Crippen LogP contribution in [-0.4, -0.2) is 13.7 Å². The number of hydrogen-bond acceptors (Lipinski definition) is 3. The highest BCUT2D eigenvalue weighted by molar-refractivity contribution is 5.67. The van der Waals surface area contributed by atoms with Gasteiger partial charge in [-0.1, -0.05) is 61.7 Å². The quantitative estimate of drug-likeness (QED) is 0.631. The second kappa shape index (κ2) is 8.81. The largest absolute Gasteiger partial charge is 0.337 e. The maximum absolute atomic E-state index is 13.0. The molecule has 0 saturated carbocycles. The molecule has 6 heteroatoms. The Bertz CT molecular complexity index is 1080. The lowest BCUT2D eigenvalue weighted by Gasteiger charge is -2.21. The molecule has 0 aliphatic rings. The van der Waals surface area contributed by atoms with Crippen molar-refractivity contribution in [2.24, 2.45) is 0 Å². The van der Waals surface area contributed by atoms with Crippen molar-refractivity contribution in [3.05, 3.63) is 117 Å². The Labute approximate surface area is 163 Å². The highest BCUT2D eigenvalue weighted by Crippen LogP contribution is 2.25. The molecule has 0 fully saturated rings. The Balaban J connectivity index is 2.96. The van der Waals surface area contributed by atoms with Gasteiger partial charge in [0.25, 0.3) is 0 Å². The molecule has 1 aromatic carbocycles. The lowest BCUT2D eigenvalue weighted by Crippen LogP contribution is -2.55. The molecule has 0 aliphatic heterocycles. The average molecular weight is 377 g/mol. The molecule has 1 heterocycles. The number of nitrogens with zero attached hydrogens (tertiary/aromatic N) is 3. The molecule has 0 bridgehead atoms. The van der Waals surface area contributed by atoms with E-state index in [1.807, 2.05) is 6.07 Å². The minimum Gasteiger partial charge on any atom is -0.247 e. The zero-order valence-electron chi connectivity index (χ0n) is 15.7. The molecule has 144 valence electrons. The van der Waals surface area contributed by atoms with Crippen LogP contribution in [0.4, 0.5) is 0 Å². The Morgan fingerprint density at radius 3 is 1.82 bits per heavy atom. The third-order valence-electron chi connectivity index (χ3n) is 4.38. The van der Waals surface area contributed by atoms with Gasteiger partial charge in [-0.05, 0) is 16.7 Å². The van der Waals surface area contributed by atoms with Crippen molar-refractivity contribution in [1.29, 1.82) is 0 Å². The lowest BCUT2D eigenvalue weighted by molar-refractivity contribution is 0.475. The van der Waals surface area contributed by atoms with E-state index in [9.17, 15) is 14.4 Å². The summed E-state index contributed by atoms with van der Waals surface area (Å²) in [5.74, 6) is 0. The van der Waals surface area contributed by atoms with Crippen LogP contribution in [0.1, 0.15) is 22.7 Å². The highest BCUT2D eigenvalue weighted by atomic mass is 16.2. The summed E-state index contributed by atoms with van der Waals surface area (Å²) in [6.45, 7) is 18.5. The number of benzene rings is 1. The second-order valence-electron chi connectivity index (χ2n) is 5.96. The lowest BCUT2D eigenvalue weighted by atomic mass is 9.95. The number of rotatable bonds is 9. The summed E-state index contributed by atoms with van der Waals surface area (Å²) in [6.07, 6.45) is 7.63. The summed E-state index contributed by atoms with van der Waals surface area (Å²) in [5, 5.41) is 0. The molecule has 0 radical (unpaired) electrons. The van der Waals surface area contributed by atoms with Gasteiger partial charge in [0, 0.05) is 0 Å². The second-order valence-corrected chi connectivity index (χ2v) is 5.96. The van der Waals surface area contributed by atoms with E-state index < -0.39 is 23.1 Å². The van der Waals surface area contributed by atoms with Crippen molar-refractivity contribution in [3.63, 3.8) is 0 Å². The van der Waals surface area contributed by atoms with E-state index in [1.54, 1.807) is 24.3 Å². The van der Waals surface area contributed by atoms with Gasteiger partial charge in [-0.25, -0.2) is 28.1 Å². The van der Waals surface area contributed by atoms with E-state index in [2.05, 4.69) is 32.9 Å². The van der Waals surface area contributed by atoms with Crippen LogP contribution in [0.5, 0.6) is 0 Å². The first-order valence-corrected chi connectivity index (χ1v) is 8.65. The summed E-state index contributed by atoms with van der Waals surface area (Å²) in [7, 11) is 0. The van der Waals surface area contributed by atoms with Crippen molar-refractivity contribution in [1.82, 2.24) is 13.7 Å². The van der Waals surface area contributed by atoms with Crippen LogP contribution in [0.3, 0.4) is 0 Å². The standard InChI is InChI=1S/C22H23N3O3/c1-6-14-23-20(26)24(15-7-2)22(28)25(21(23)27)19(10-5)18-13-11-12-16(8-3)17(18)9-4/h6-13,19H,1-5,14-15H2. The van der Waals surface area contributed by atoms with Crippen LogP contribution >= 0.6 is 0 Å². The summed E-state index contributed by atoms with van der Waals surface area (Å²) in [5.41, 5.74) is -0.00450. The number of aromatic nitrogens is 3. The fourth-order valence-electron chi connectivity index (χ4n) is 3.10. The topological polar surface area (TPSA) is 66.0 Å². The van der Waals surface area contributed by atoms with Crippen molar-refractivity contribution < 1.29 is 0 Å². The minimum absolute atomic E-state index is 0.0278. The van der Waals surface area contributed by atoms with E-state index in [4.69, 9.17) is 0 Å². The summed E-state index contributed by atoms with van der Waals surface area (Å²) < 4.78 is 2.93. The Kier molecular flexibility index (Phi) is 6.50. The van der Waals surface area contributed by atoms with E-state index in [1.165, 1.54) is 18.2 Å². The molecule has 0 N–H and O–H groups in total. The highest BCUT2D eigenvalue weighted by Gasteiger charge is 2.22. The molecule has 0 amide bonds. The molecule has 0 spiro atoms. The minimum atomic E-state index is -0.805. The van der Waals surface area contributed by atoms with Crippen LogP contribution in [0, 0.1) is 0 Å². The molecule has 1 aromatic heterocycles. The van der Waals surface area contributed by atoms with Gasteiger partial charge >= 0.3 is 17.1 Å². The van der Waals surface area contributed by atoms with Crippen molar-refractivity contribution in [2.45, 2.75) is 19.1 Å². The fourth-order valence-corrected chi connectivity index (χ4v) is 3.10. The first kappa shape index (κ1) is 20.6. The molecule has 1 atom stereocenters. The molecule has 1 unspecified atom stereocenters. The molecular formula is C22H23N3O3. The normalized spacial score (nSPS) is 11.4. The molecule has 28 heavy (non-hydrogen) atoms. The van der Waals surface area contributed by atoms with Crippen LogP contribution in [0.25, 0.3) is 12.2 Å². The first-order valence-electron chi connectivity index (χ1n) is 8.65. The average Bonchev–Trinajstić information content (AvgIpc) is 2.71. The monoisotopic (exact) mass is 377 g/mol. The fraction of sp³-hybridized carbons (Fsp3) is 0.136. The van der Waals surface area contributed by atoms with E-state index >= 15 is 0 Å². The molecule has 2 rings (SSSR count). The van der Waals surface area contributed by atoms with Crippen molar-refractivity contribution >= 4 is 12.2 Å². The van der Waals surface area contributed by atoms with Crippen LogP contribution in [0.15, 0.2) is 83.7 Å². The SMILES string of the molecule is C=CCn1c(=O)n(CC=C)c(=O)n(C(C=C)c2cccc(C=C)c2C=C)c1=O. The maximum Gasteiger partial charge on any atom is 0.337 e. The Morgan fingerprint density at radius 2 is 1.39 bits per heavy atom. The molecular weight excluding hydrogens is 354 g/mol. The van der Waals surface area contributed by atoms with Crippen LogP contribution in [-0.2, 0) is 13.1 Å². The summed E-state index contributed by atoms with van der Waals surface area (Å²) in [4.78, 5) is 38.6. The summed E-state index contributed by atoms with van der Waals surface area (Å²) in [6, 6.07) is 4.62. The Morgan fingerprint density at radius 1 is 0.821 bits per heavy atom. The maximum atomic E-state index is 13.0. The predicted molar refractivity (Wildman–Crippen MR) is 115 cm³/mol. The molecule has 0 saturated heterocycles. The van der Waals surface area contributed by atoms with Gasteiger partial charge in [-0.2, -0.15) is 0 Å². The van der Waals surface area contributed by atoms with E-state index in [0.29, 0.717) is 5.56 Å².